The van der Waals surface area contributed by atoms with Crippen molar-refractivity contribution in [2.24, 2.45) is 5.92 Å². The van der Waals surface area contributed by atoms with Crippen molar-refractivity contribution in [3.05, 3.63) is 30.1 Å². The zero-order valence-corrected chi connectivity index (χ0v) is 11.3. The zero-order chi connectivity index (χ0) is 13.9. The molecule has 2 rings (SSSR count). The number of nitriles is 1. The van der Waals surface area contributed by atoms with E-state index in [1.54, 1.807) is 18.2 Å². The third kappa shape index (κ3) is 3.05. The quantitative estimate of drug-likeness (QED) is 0.908. The van der Waals surface area contributed by atoms with Crippen molar-refractivity contribution in [1.29, 1.82) is 5.26 Å². The number of rotatable bonds is 3. The zero-order valence-electron chi connectivity index (χ0n) is 11.3. The summed E-state index contributed by atoms with van der Waals surface area (Å²) in [6, 6.07) is 8.78. The number of nitrogens with zero attached hydrogens (tertiary/aromatic N) is 1. The highest BCUT2D eigenvalue weighted by molar-refractivity contribution is 5.49. The van der Waals surface area contributed by atoms with Crippen molar-refractivity contribution in [3.8, 4) is 6.07 Å². The van der Waals surface area contributed by atoms with E-state index in [9.17, 15) is 9.65 Å². The van der Waals surface area contributed by atoms with Crippen LogP contribution in [0.15, 0.2) is 24.3 Å². The van der Waals surface area contributed by atoms with Gasteiger partial charge in [-0.1, -0.05) is 26.0 Å². The molecule has 0 aromatic heterocycles. The third-order valence-electron chi connectivity index (χ3n) is 3.62. The molecule has 2 atom stereocenters. The Balaban J connectivity index is 2.19. The Bertz CT molecular complexity index is 483. The fraction of sp³-hybridized carbons (Fsp3) is 0.533. The van der Waals surface area contributed by atoms with Crippen molar-refractivity contribution >= 4 is 5.69 Å². The van der Waals surface area contributed by atoms with Crippen molar-refractivity contribution in [2.45, 2.75) is 38.3 Å². The molecule has 0 spiro atoms. The molecule has 1 aromatic carbocycles. The van der Waals surface area contributed by atoms with E-state index in [1.807, 2.05) is 0 Å². The predicted molar refractivity (Wildman–Crippen MR) is 72.2 cm³/mol. The second kappa shape index (κ2) is 5.58. The van der Waals surface area contributed by atoms with Crippen LogP contribution >= 0.6 is 0 Å². The van der Waals surface area contributed by atoms with Crippen LogP contribution in [0.3, 0.4) is 0 Å². The van der Waals surface area contributed by atoms with Gasteiger partial charge in [-0.15, -0.1) is 0 Å². The van der Waals surface area contributed by atoms with Gasteiger partial charge in [-0.25, -0.2) is 4.39 Å². The molecule has 0 radical (unpaired) electrons. The van der Waals surface area contributed by atoms with Crippen LogP contribution in [-0.4, -0.2) is 18.2 Å². The van der Waals surface area contributed by atoms with E-state index in [0.29, 0.717) is 31.1 Å². The van der Waals surface area contributed by atoms with E-state index in [2.05, 4.69) is 25.2 Å². The van der Waals surface area contributed by atoms with Gasteiger partial charge in [-0.2, -0.15) is 5.26 Å². The molecule has 1 aliphatic heterocycles. The minimum absolute atomic E-state index is 0.0349. The number of nitrogens with one attached hydrogen (secondary N) is 1. The molecule has 19 heavy (non-hydrogen) atoms. The maximum atomic E-state index is 13.7. The number of benzene rings is 1. The Kier molecular flexibility index (Phi) is 4.06. The molecular formula is C15H19FN2O. The first-order valence-corrected chi connectivity index (χ1v) is 6.62. The van der Waals surface area contributed by atoms with Crippen LogP contribution in [0.4, 0.5) is 10.1 Å². The van der Waals surface area contributed by atoms with Crippen molar-refractivity contribution in [2.75, 3.05) is 11.9 Å². The highest BCUT2D eigenvalue weighted by Crippen LogP contribution is 2.32. The summed E-state index contributed by atoms with van der Waals surface area (Å²) >= 11 is 0. The van der Waals surface area contributed by atoms with Gasteiger partial charge >= 0.3 is 0 Å². The third-order valence-corrected chi connectivity index (χ3v) is 3.62. The largest absolute Gasteiger partial charge is 0.378 e. The number of para-hydroxylation sites is 1. The number of hydrogen-bond acceptors (Lipinski definition) is 3. The summed E-state index contributed by atoms with van der Waals surface area (Å²) in [5, 5.41) is 12.6. The average Bonchev–Trinajstić information content (AvgIpc) is 2.42. The Hall–Kier alpha value is -1.60. The number of anilines is 1. The molecule has 1 saturated heterocycles. The molecule has 1 aliphatic rings. The second-order valence-corrected chi connectivity index (χ2v) is 5.41. The topological polar surface area (TPSA) is 45.0 Å². The average molecular weight is 262 g/mol. The Morgan fingerprint density at radius 2 is 2.21 bits per heavy atom. The van der Waals surface area contributed by atoms with Crippen LogP contribution in [0, 0.1) is 23.1 Å². The maximum Gasteiger partial charge on any atom is 0.146 e. The lowest BCUT2D eigenvalue weighted by Crippen LogP contribution is -2.47. The fourth-order valence-corrected chi connectivity index (χ4v) is 2.38. The van der Waals surface area contributed by atoms with Crippen LogP contribution in [-0.2, 0) is 4.74 Å². The Morgan fingerprint density at radius 3 is 2.84 bits per heavy atom. The molecule has 0 bridgehead atoms. The lowest BCUT2D eigenvalue weighted by molar-refractivity contribution is -0.0273. The van der Waals surface area contributed by atoms with E-state index in [4.69, 9.17) is 4.74 Å². The summed E-state index contributed by atoms with van der Waals surface area (Å²) in [6.45, 7) is 4.67. The van der Waals surface area contributed by atoms with Gasteiger partial charge in [0.2, 0.25) is 0 Å². The Labute approximate surface area is 113 Å². The van der Waals surface area contributed by atoms with Crippen LogP contribution in [0.1, 0.15) is 26.7 Å². The smallest absolute Gasteiger partial charge is 0.146 e. The van der Waals surface area contributed by atoms with Crippen molar-refractivity contribution in [3.63, 3.8) is 0 Å². The summed E-state index contributed by atoms with van der Waals surface area (Å²) in [4.78, 5) is 0. The normalized spacial score (nSPS) is 27.0. The van der Waals surface area contributed by atoms with Crippen LogP contribution in [0.2, 0.25) is 0 Å². The summed E-state index contributed by atoms with van der Waals surface area (Å²) < 4.78 is 19.4. The Morgan fingerprint density at radius 1 is 1.47 bits per heavy atom. The highest BCUT2D eigenvalue weighted by Gasteiger charge is 2.38. The second-order valence-electron chi connectivity index (χ2n) is 5.41. The van der Waals surface area contributed by atoms with Gasteiger partial charge in [0, 0.05) is 12.8 Å². The molecule has 0 aliphatic carbocycles. The molecule has 4 heteroatoms. The minimum Gasteiger partial charge on any atom is -0.378 e. The van der Waals surface area contributed by atoms with Gasteiger partial charge in [0.05, 0.1) is 24.5 Å². The molecule has 0 saturated carbocycles. The molecule has 0 amide bonds. The molecular weight excluding hydrogens is 243 g/mol. The first-order chi connectivity index (χ1) is 9.06. The van der Waals surface area contributed by atoms with Crippen LogP contribution < -0.4 is 5.32 Å². The molecule has 1 fully saturated rings. The summed E-state index contributed by atoms with van der Waals surface area (Å²) in [7, 11) is 0. The van der Waals surface area contributed by atoms with Gasteiger partial charge in [0.15, 0.2) is 0 Å². The van der Waals surface area contributed by atoms with Crippen LogP contribution in [0.5, 0.6) is 0 Å². The molecule has 3 nitrogen and oxygen atoms in total. The van der Waals surface area contributed by atoms with E-state index in [-0.39, 0.29) is 11.9 Å². The van der Waals surface area contributed by atoms with E-state index < -0.39 is 5.54 Å². The summed E-state index contributed by atoms with van der Waals surface area (Å²) in [5.74, 6) is 0.0140. The molecule has 1 aromatic rings. The lowest BCUT2D eigenvalue weighted by Gasteiger charge is -2.38. The van der Waals surface area contributed by atoms with Gasteiger partial charge in [-0.3, -0.25) is 0 Å². The standard InChI is InChI=1S/C15H19FN2O/c1-11(2)14-9-15(10-17,7-8-19-14)18-13-6-4-3-5-12(13)16/h3-6,11,14,18H,7-9H2,1-2H3. The maximum absolute atomic E-state index is 13.7. The molecule has 1 heterocycles. The lowest BCUT2D eigenvalue weighted by atomic mass is 9.84. The van der Waals surface area contributed by atoms with Crippen LogP contribution in [0.25, 0.3) is 0 Å². The number of halogens is 1. The van der Waals surface area contributed by atoms with E-state index in [1.165, 1.54) is 6.07 Å². The van der Waals surface area contributed by atoms with E-state index in [0.717, 1.165) is 0 Å². The monoisotopic (exact) mass is 262 g/mol. The van der Waals surface area contributed by atoms with Gasteiger partial charge < -0.3 is 10.1 Å². The van der Waals surface area contributed by atoms with Crippen molar-refractivity contribution < 1.29 is 9.13 Å². The highest BCUT2D eigenvalue weighted by atomic mass is 19.1. The molecule has 2 unspecified atom stereocenters. The predicted octanol–water partition coefficient (Wildman–Crippen LogP) is 3.33. The molecule has 1 N–H and O–H groups in total. The summed E-state index contributed by atoms with van der Waals surface area (Å²) in [5.41, 5.74) is -0.358. The first-order valence-electron chi connectivity index (χ1n) is 6.62. The first kappa shape index (κ1) is 13.8. The van der Waals surface area contributed by atoms with Crippen molar-refractivity contribution in [1.82, 2.24) is 0 Å². The van der Waals surface area contributed by atoms with E-state index >= 15 is 0 Å². The SMILES string of the molecule is CC(C)C1CC(C#N)(Nc2ccccc2F)CCO1. The number of ether oxygens (including phenoxy) is 1. The summed E-state index contributed by atoms with van der Waals surface area (Å²) in [6.07, 6.45) is 1.18. The number of hydrogen-bond donors (Lipinski definition) is 1. The van der Waals surface area contributed by atoms with Gasteiger partial charge in [-0.05, 0) is 18.1 Å². The van der Waals surface area contributed by atoms with Gasteiger partial charge in [0.25, 0.3) is 0 Å². The fourth-order valence-electron chi connectivity index (χ4n) is 2.38. The molecule has 102 valence electrons. The minimum atomic E-state index is -0.741. The van der Waals surface area contributed by atoms with Gasteiger partial charge in [0.1, 0.15) is 11.4 Å².